The monoisotopic (exact) mass is 250 g/mol. The molecule has 5 heteroatoms. The Kier molecular flexibility index (Phi) is 3.64. The van der Waals surface area contributed by atoms with Crippen molar-refractivity contribution >= 4 is 17.3 Å². The lowest BCUT2D eigenvalue weighted by Crippen LogP contribution is -2.01. The topological polar surface area (TPSA) is 42.7 Å². The summed E-state index contributed by atoms with van der Waals surface area (Å²) < 4.78 is 1.83. The molecule has 0 unspecified atom stereocenters. The number of halogens is 1. The van der Waals surface area contributed by atoms with Crippen molar-refractivity contribution in [1.82, 2.24) is 14.8 Å². The Morgan fingerprint density at radius 1 is 1.47 bits per heavy atom. The highest BCUT2D eigenvalue weighted by atomic mass is 35.5. The van der Waals surface area contributed by atoms with Crippen molar-refractivity contribution in [2.24, 2.45) is 7.05 Å². The molecule has 0 radical (unpaired) electrons. The number of hydrogen-bond donors (Lipinski definition) is 1. The number of aryl methyl sites for hydroxylation is 2. The first-order chi connectivity index (χ1) is 8.20. The lowest BCUT2D eigenvalue weighted by Gasteiger charge is -2.06. The third-order valence-corrected chi connectivity index (χ3v) is 2.89. The summed E-state index contributed by atoms with van der Waals surface area (Å²) in [6, 6.07) is 1.77. The van der Waals surface area contributed by atoms with Gasteiger partial charge in [0.15, 0.2) is 0 Å². The van der Waals surface area contributed by atoms with Gasteiger partial charge in [0, 0.05) is 31.5 Å². The fourth-order valence-electron chi connectivity index (χ4n) is 1.73. The molecule has 90 valence electrons. The first-order valence-corrected chi connectivity index (χ1v) is 5.93. The molecule has 2 aromatic rings. The van der Waals surface area contributed by atoms with Crippen molar-refractivity contribution in [2.75, 3.05) is 5.32 Å². The molecule has 0 bridgehead atoms. The van der Waals surface area contributed by atoms with E-state index in [9.17, 15) is 0 Å². The van der Waals surface area contributed by atoms with E-state index in [0.29, 0.717) is 11.6 Å². The molecule has 0 aliphatic carbocycles. The first-order valence-electron chi connectivity index (χ1n) is 5.55. The van der Waals surface area contributed by atoms with Crippen LogP contribution in [0.2, 0.25) is 5.02 Å². The molecular formula is C12H15ClN4. The van der Waals surface area contributed by atoms with Gasteiger partial charge in [-0.3, -0.25) is 9.67 Å². The average molecular weight is 251 g/mol. The van der Waals surface area contributed by atoms with Gasteiger partial charge < -0.3 is 5.32 Å². The minimum atomic E-state index is 0.682. The second-order valence-corrected chi connectivity index (χ2v) is 4.24. The summed E-state index contributed by atoms with van der Waals surface area (Å²) >= 11 is 6.05. The van der Waals surface area contributed by atoms with Crippen LogP contribution in [-0.2, 0) is 20.0 Å². The van der Waals surface area contributed by atoms with Crippen LogP contribution in [0.5, 0.6) is 0 Å². The SMILES string of the molecule is CCc1nn(C)cc1CNc1cnccc1Cl. The quantitative estimate of drug-likeness (QED) is 0.907. The molecule has 2 aromatic heterocycles. The predicted octanol–water partition coefficient (Wildman–Crippen LogP) is 2.64. The lowest BCUT2D eigenvalue weighted by molar-refractivity contribution is 0.746. The van der Waals surface area contributed by atoms with Gasteiger partial charge in [0.05, 0.1) is 22.6 Å². The Morgan fingerprint density at radius 2 is 2.29 bits per heavy atom. The fourth-order valence-corrected chi connectivity index (χ4v) is 1.90. The van der Waals surface area contributed by atoms with Crippen molar-refractivity contribution in [3.63, 3.8) is 0 Å². The second kappa shape index (κ2) is 5.19. The van der Waals surface area contributed by atoms with Gasteiger partial charge in [-0.1, -0.05) is 18.5 Å². The molecule has 1 N–H and O–H groups in total. The maximum Gasteiger partial charge on any atom is 0.0718 e. The highest BCUT2D eigenvalue weighted by molar-refractivity contribution is 6.33. The number of nitrogens with one attached hydrogen (secondary N) is 1. The molecule has 0 fully saturated rings. The van der Waals surface area contributed by atoms with Gasteiger partial charge in [0.2, 0.25) is 0 Å². The van der Waals surface area contributed by atoms with Gasteiger partial charge in [0.25, 0.3) is 0 Å². The van der Waals surface area contributed by atoms with E-state index in [-0.39, 0.29) is 0 Å². The van der Waals surface area contributed by atoms with Crippen LogP contribution in [-0.4, -0.2) is 14.8 Å². The van der Waals surface area contributed by atoms with E-state index in [1.165, 1.54) is 5.56 Å². The Hall–Kier alpha value is -1.55. The molecule has 2 heterocycles. The Bertz CT molecular complexity index is 507. The molecule has 0 amide bonds. The third kappa shape index (κ3) is 2.77. The van der Waals surface area contributed by atoms with E-state index in [1.807, 2.05) is 17.9 Å². The zero-order valence-electron chi connectivity index (χ0n) is 9.94. The van der Waals surface area contributed by atoms with Crippen molar-refractivity contribution in [1.29, 1.82) is 0 Å². The van der Waals surface area contributed by atoms with Crippen molar-refractivity contribution < 1.29 is 0 Å². The van der Waals surface area contributed by atoms with E-state index in [2.05, 4.69) is 22.3 Å². The summed E-state index contributed by atoms with van der Waals surface area (Å²) in [7, 11) is 1.93. The lowest BCUT2D eigenvalue weighted by atomic mass is 10.2. The van der Waals surface area contributed by atoms with Crippen LogP contribution >= 0.6 is 11.6 Å². The number of hydrogen-bond acceptors (Lipinski definition) is 3. The number of pyridine rings is 1. The molecule has 0 aromatic carbocycles. The van der Waals surface area contributed by atoms with Gasteiger partial charge in [-0.2, -0.15) is 5.10 Å². The highest BCUT2D eigenvalue weighted by Crippen LogP contribution is 2.20. The molecule has 2 rings (SSSR count). The normalized spacial score (nSPS) is 10.5. The Balaban J connectivity index is 2.09. The molecule has 0 saturated heterocycles. The fraction of sp³-hybridized carbons (Fsp3) is 0.333. The van der Waals surface area contributed by atoms with E-state index >= 15 is 0 Å². The van der Waals surface area contributed by atoms with E-state index in [4.69, 9.17) is 11.6 Å². The Labute approximate surface area is 106 Å². The minimum absolute atomic E-state index is 0.682. The van der Waals surface area contributed by atoms with Gasteiger partial charge in [-0.05, 0) is 12.5 Å². The Morgan fingerprint density at radius 3 is 3.00 bits per heavy atom. The van der Waals surface area contributed by atoms with E-state index < -0.39 is 0 Å². The van der Waals surface area contributed by atoms with Crippen LogP contribution < -0.4 is 5.32 Å². The maximum atomic E-state index is 6.05. The second-order valence-electron chi connectivity index (χ2n) is 3.84. The standard InChI is InChI=1S/C12H15ClN4/c1-3-11-9(8-17(2)16-11)6-15-12-7-14-5-4-10(12)13/h4-5,7-8,15H,3,6H2,1-2H3. The molecule has 17 heavy (non-hydrogen) atoms. The van der Waals surface area contributed by atoms with Crippen molar-refractivity contribution in [3.05, 3.63) is 40.9 Å². The number of aromatic nitrogens is 3. The summed E-state index contributed by atoms with van der Waals surface area (Å²) in [5, 5.41) is 8.34. The van der Waals surface area contributed by atoms with Crippen LogP contribution in [0.4, 0.5) is 5.69 Å². The molecule has 0 aliphatic heterocycles. The number of rotatable bonds is 4. The third-order valence-electron chi connectivity index (χ3n) is 2.56. The summed E-state index contributed by atoms with van der Waals surface area (Å²) in [4.78, 5) is 4.04. The summed E-state index contributed by atoms with van der Waals surface area (Å²) in [6.07, 6.45) is 6.36. The van der Waals surface area contributed by atoms with Crippen LogP contribution in [0.1, 0.15) is 18.2 Å². The van der Waals surface area contributed by atoms with Crippen LogP contribution in [0.25, 0.3) is 0 Å². The van der Waals surface area contributed by atoms with Crippen LogP contribution in [0.15, 0.2) is 24.7 Å². The van der Waals surface area contributed by atoms with Gasteiger partial charge in [-0.15, -0.1) is 0 Å². The summed E-state index contributed by atoms with van der Waals surface area (Å²) in [5.74, 6) is 0. The van der Waals surface area contributed by atoms with Crippen LogP contribution in [0.3, 0.4) is 0 Å². The molecule has 0 saturated carbocycles. The largest absolute Gasteiger partial charge is 0.378 e. The summed E-state index contributed by atoms with van der Waals surface area (Å²) in [6.45, 7) is 2.81. The zero-order valence-corrected chi connectivity index (χ0v) is 10.7. The molecule has 4 nitrogen and oxygen atoms in total. The van der Waals surface area contributed by atoms with Gasteiger partial charge in [-0.25, -0.2) is 0 Å². The zero-order chi connectivity index (χ0) is 12.3. The summed E-state index contributed by atoms with van der Waals surface area (Å²) in [5.41, 5.74) is 3.15. The molecular weight excluding hydrogens is 236 g/mol. The molecule has 0 spiro atoms. The number of nitrogens with zero attached hydrogens (tertiary/aromatic N) is 3. The smallest absolute Gasteiger partial charge is 0.0718 e. The first kappa shape index (κ1) is 11.9. The molecule has 0 aliphatic rings. The van der Waals surface area contributed by atoms with Crippen molar-refractivity contribution in [2.45, 2.75) is 19.9 Å². The average Bonchev–Trinajstić information content (AvgIpc) is 2.69. The molecule has 0 atom stereocenters. The highest BCUT2D eigenvalue weighted by Gasteiger charge is 2.06. The maximum absolute atomic E-state index is 6.05. The van der Waals surface area contributed by atoms with Gasteiger partial charge >= 0.3 is 0 Å². The van der Waals surface area contributed by atoms with Crippen molar-refractivity contribution in [3.8, 4) is 0 Å². The van der Waals surface area contributed by atoms with E-state index in [0.717, 1.165) is 17.8 Å². The van der Waals surface area contributed by atoms with Gasteiger partial charge in [0.1, 0.15) is 0 Å². The number of anilines is 1. The van der Waals surface area contributed by atoms with E-state index in [1.54, 1.807) is 18.5 Å². The van der Waals surface area contributed by atoms with Crippen LogP contribution in [0, 0.1) is 0 Å². The minimum Gasteiger partial charge on any atom is -0.378 e. The predicted molar refractivity (Wildman–Crippen MR) is 69.2 cm³/mol.